The first-order valence-electron chi connectivity index (χ1n) is 7.20. The van der Waals surface area contributed by atoms with Crippen LogP contribution in [0.15, 0.2) is 24.3 Å². The monoisotopic (exact) mass is 342 g/mol. The molecule has 0 aliphatic carbocycles. The Kier molecular flexibility index (Phi) is 7.42. The van der Waals surface area contributed by atoms with Crippen LogP contribution in [0.3, 0.4) is 0 Å². The van der Waals surface area contributed by atoms with Gasteiger partial charge in [0.25, 0.3) is 5.91 Å². The number of benzene rings is 1. The van der Waals surface area contributed by atoms with Gasteiger partial charge in [-0.1, -0.05) is 12.1 Å². The quantitative estimate of drug-likeness (QED) is 0.729. The number of carbonyl (C=O) groups is 2. The molecule has 7 nitrogen and oxygen atoms in total. The van der Waals surface area contributed by atoms with E-state index in [1.807, 2.05) is 0 Å². The van der Waals surface area contributed by atoms with Gasteiger partial charge in [0, 0.05) is 26.7 Å². The summed E-state index contributed by atoms with van der Waals surface area (Å²) in [6.45, 7) is 1.91. The smallest absolute Gasteiger partial charge is 0.340 e. The molecule has 0 aliphatic rings. The molecule has 0 fully saturated rings. The highest BCUT2D eigenvalue weighted by Crippen LogP contribution is 2.48. The SMILES string of the molecule is CCOP(=O)(CC(=O)N(C)C)OCc1ccc(C(=O)NC)cc1. The van der Waals surface area contributed by atoms with Gasteiger partial charge in [0.15, 0.2) is 0 Å². The van der Waals surface area contributed by atoms with Crippen molar-refractivity contribution in [3.63, 3.8) is 0 Å². The van der Waals surface area contributed by atoms with Gasteiger partial charge in [-0.15, -0.1) is 0 Å². The minimum Gasteiger partial charge on any atom is -0.355 e. The Morgan fingerprint density at radius 1 is 1.17 bits per heavy atom. The lowest BCUT2D eigenvalue weighted by atomic mass is 10.1. The number of nitrogens with one attached hydrogen (secondary N) is 1. The summed E-state index contributed by atoms with van der Waals surface area (Å²) < 4.78 is 23.1. The Morgan fingerprint density at radius 3 is 2.26 bits per heavy atom. The molecule has 1 aromatic carbocycles. The molecular weight excluding hydrogens is 319 g/mol. The van der Waals surface area contributed by atoms with E-state index in [0.29, 0.717) is 5.56 Å². The van der Waals surface area contributed by atoms with E-state index < -0.39 is 7.60 Å². The lowest BCUT2D eigenvalue weighted by Crippen LogP contribution is -2.25. The first-order chi connectivity index (χ1) is 10.8. The number of hydrogen-bond acceptors (Lipinski definition) is 5. The molecule has 2 amide bonds. The van der Waals surface area contributed by atoms with Crippen molar-refractivity contribution in [3.8, 4) is 0 Å². The van der Waals surface area contributed by atoms with Gasteiger partial charge < -0.3 is 19.3 Å². The summed E-state index contributed by atoms with van der Waals surface area (Å²) in [6, 6.07) is 6.70. The molecule has 1 aromatic rings. The lowest BCUT2D eigenvalue weighted by molar-refractivity contribution is -0.126. The predicted molar refractivity (Wildman–Crippen MR) is 87.4 cm³/mol. The second kappa shape index (κ2) is 8.82. The van der Waals surface area contributed by atoms with Gasteiger partial charge in [-0.25, -0.2) is 0 Å². The summed E-state index contributed by atoms with van der Waals surface area (Å²) >= 11 is 0. The second-order valence-corrected chi connectivity index (χ2v) is 7.08. The molecule has 1 atom stereocenters. The highest BCUT2D eigenvalue weighted by atomic mass is 31.2. The molecule has 0 radical (unpaired) electrons. The summed E-state index contributed by atoms with van der Waals surface area (Å²) in [6.07, 6.45) is -0.301. The Hall–Kier alpha value is -1.69. The summed E-state index contributed by atoms with van der Waals surface area (Å²) in [4.78, 5) is 24.6. The largest absolute Gasteiger partial charge is 0.355 e. The van der Waals surface area contributed by atoms with E-state index in [4.69, 9.17) is 9.05 Å². The van der Waals surface area contributed by atoms with Crippen molar-refractivity contribution in [1.82, 2.24) is 10.2 Å². The molecule has 0 saturated heterocycles. The zero-order valence-electron chi connectivity index (χ0n) is 13.9. The van der Waals surface area contributed by atoms with Crippen LogP contribution in [-0.4, -0.2) is 50.6 Å². The predicted octanol–water partition coefficient (Wildman–Crippen LogP) is 1.88. The average molecular weight is 342 g/mol. The van der Waals surface area contributed by atoms with Gasteiger partial charge in [-0.05, 0) is 24.6 Å². The van der Waals surface area contributed by atoms with Gasteiger partial charge in [0.05, 0.1) is 13.2 Å². The van der Waals surface area contributed by atoms with Gasteiger partial charge in [-0.3, -0.25) is 14.2 Å². The van der Waals surface area contributed by atoms with Gasteiger partial charge in [-0.2, -0.15) is 0 Å². The van der Waals surface area contributed by atoms with E-state index in [2.05, 4.69) is 5.32 Å². The Balaban J connectivity index is 2.73. The number of nitrogens with zero attached hydrogens (tertiary/aromatic N) is 1. The summed E-state index contributed by atoms with van der Waals surface area (Å²) in [5.41, 5.74) is 1.25. The Morgan fingerprint density at radius 2 is 1.78 bits per heavy atom. The molecule has 1 unspecified atom stereocenters. The maximum absolute atomic E-state index is 12.6. The van der Waals surface area contributed by atoms with Crippen molar-refractivity contribution in [2.24, 2.45) is 0 Å². The van der Waals surface area contributed by atoms with E-state index in [1.165, 1.54) is 4.90 Å². The number of carbonyl (C=O) groups excluding carboxylic acids is 2. The van der Waals surface area contributed by atoms with Crippen LogP contribution in [-0.2, 0) is 25.0 Å². The van der Waals surface area contributed by atoms with Crippen molar-refractivity contribution >= 4 is 19.4 Å². The molecule has 1 N–H and O–H groups in total. The van der Waals surface area contributed by atoms with Gasteiger partial charge in [0.2, 0.25) is 5.91 Å². The Bertz CT molecular complexity index is 586. The van der Waals surface area contributed by atoms with E-state index in [-0.39, 0.29) is 31.2 Å². The van der Waals surface area contributed by atoms with Crippen molar-refractivity contribution in [1.29, 1.82) is 0 Å². The molecule has 0 aliphatic heterocycles. The molecule has 128 valence electrons. The fourth-order valence-electron chi connectivity index (χ4n) is 1.70. The van der Waals surface area contributed by atoms with Crippen LogP contribution >= 0.6 is 7.60 Å². The molecule has 0 aromatic heterocycles. The van der Waals surface area contributed by atoms with E-state index in [1.54, 1.807) is 52.3 Å². The third kappa shape index (κ3) is 6.14. The summed E-state index contributed by atoms with van der Waals surface area (Å²) in [7, 11) is 1.21. The zero-order valence-corrected chi connectivity index (χ0v) is 14.8. The Labute approximate surface area is 136 Å². The normalized spacial score (nSPS) is 13.2. The molecule has 23 heavy (non-hydrogen) atoms. The highest BCUT2D eigenvalue weighted by Gasteiger charge is 2.29. The molecule has 8 heteroatoms. The minimum atomic E-state index is -3.50. The van der Waals surface area contributed by atoms with Crippen LogP contribution < -0.4 is 5.32 Å². The van der Waals surface area contributed by atoms with E-state index in [9.17, 15) is 14.2 Å². The first-order valence-corrected chi connectivity index (χ1v) is 8.93. The van der Waals surface area contributed by atoms with Crippen LogP contribution in [0.4, 0.5) is 0 Å². The minimum absolute atomic E-state index is 0.0337. The molecule has 0 saturated carbocycles. The standard InChI is InChI=1S/C15H23N2O5P/c1-5-21-23(20,11-14(18)17(3)4)22-10-12-6-8-13(9-7-12)15(19)16-2/h6-9H,5,10-11H2,1-4H3,(H,16,19). The van der Waals surface area contributed by atoms with E-state index in [0.717, 1.165) is 5.56 Å². The van der Waals surface area contributed by atoms with Crippen molar-refractivity contribution in [2.75, 3.05) is 33.9 Å². The first kappa shape index (κ1) is 19.4. The van der Waals surface area contributed by atoms with Crippen LogP contribution in [0.25, 0.3) is 0 Å². The highest BCUT2D eigenvalue weighted by molar-refractivity contribution is 7.54. The third-order valence-corrected chi connectivity index (χ3v) is 4.86. The van der Waals surface area contributed by atoms with Gasteiger partial charge >= 0.3 is 7.60 Å². The van der Waals surface area contributed by atoms with E-state index >= 15 is 0 Å². The summed E-state index contributed by atoms with van der Waals surface area (Å²) in [5, 5.41) is 2.53. The number of amides is 2. The molecule has 0 bridgehead atoms. The van der Waals surface area contributed by atoms with Crippen LogP contribution in [0.5, 0.6) is 0 Å². The van der Waals surface area contributed by atoms with Crippen LogP contribution in [0, 0.1) is 0 Å². The second-order valence-electron chi connectivity index (χ2n) is 5.02. The molecule has 0 spiro atoms. The topological polar surface area (TPSA) is 84.9 Å². The molecule has 1 rings (SSSR count). The van der Waals surface area contributed by atoms with Crippen LogP contribution in [0.2, 0.25) is 0 Å². The fraction of sp³-hybridized carbons (Fsp3) is 0.467. The maximum atomic E-state index is 12.6. The molecular formula is C15H23N2O5P. The zero-order chi connectivity index (χ0) is 17.5. The number of rotatable bonds is 8. The fourth-order valence-corrected chi connectivity index (χ4v) is 3.31. The maximum Gasteiger partial charge on any atom is 0.340 e. The lowest BCUT2D eigenvalue weighted by Gasteiger charge is -2.19. The summed E-state index contributed by atoms with van der Waals surface area (Å²) in [5.74, 6) is -0.509. The van der Waals surface area contributed by atoms with Gasteiger partial charge in [0.1, 0.15) is 6.16 Å². The van der Waals surface area contributed by atoms with Crippen molar-refractivity contribution in [2.45, 2.75) is 13.5 Å². The average Bonchev–Trinajstić information content (AvgIpc) is 2.53. The van der Waals surface area contributed by atoms with Crippen molar-refractivity contribution in [3.05, 3.63) is 35.4 Å². The van der Waals surface area contributed by atoms with Crippen molar-refractivity contribution < 1.29 is 23.2 Å². The number of hydrogen-bond donors (Lipinski definition) is 1. The molecule has 0 heterocycles. The third-order valence-electron chi connectivity index (χ3n) is 3.02. The van der Waals surface area contributed by atoms with Crippen LogP contribution in [0.1, 0.15) is 22.8 Å².